The molecule has 41 heavy (non-hydrogen) atoms. The van der Waals surface area contributed by atoms with Gasteiger partial charge in [0.2, 0.25) is 0 Å². The van der Waals surface area contributed by atoms with E-state index in [1.165, 1.54) is 13.2 Å². The topological polar surface area (TPSA) is 104 Å². The van der Waals surface area contributed by atoms with Crippen LogP contribution in [-0.4, -0.2) is 43.9 Å². The Hall–Kier alpha value is -4.59. The number of Topliss-reactive ketones (excluding diaryl/α,β-unsaturated/α-hetero) is 1. The summed E-state index contributed by atoms with van der Waals surface area (Å²) in [5, 5.41) is 10.3. The maximum absolute atomic E-state index is 13.9. The average Bonchev–Trinajstić information content (AvgIpc) is 2.99. The van der Waals surface area contributed by atoms with Crippen LogP contribution in [0.1, 0.15) is 48.3 Å². The van der Waals surface area contributed by atoms with Gasteiger partial charge in [0, 0.05) is 29.3 Å². The van der Waals surface area contributed by atoms with Gasteiger partial charge in [-0.2, -0.15) is 0 Å². The standard InChI is InChI=1S/C33H33NO7/c1-19-30(33(37)41-18-20-8-6-5-7-9-20)31(22-10-12-25(35)28(17-22)39-3)32-24(34-19)14-23(15-26(32)36)21-11-13-27(38-2)29(16-21)40-4/h5-13,16-17,23,30-31,35H,14-15,18H2,1-4H3/t23-,30?,31+/m0/s1. The number of allylic oxidation sites excluding steroid dienone is 2. The Labute approximate surface area is 239 Å². The van der Waals surface area contributed by atoms with E-state index in [9.17, 15) is 14.7 Å². The molecule has 3 atom stereocenters. The highest BCUT2D eigenvalue weighted by atomic mass is 16.5. The van der Waals surface area contributed by atoms with Crippen LogP contribution in [0.25, 0.3) is 0 Å². The summed E-state index contributed by atoms with van der Waals surface area (Å²) in [6, 6.07) is 20.0. The van der Waals surface area contributed by atoms with Crippen molar-refractivity contribution in [3.63, 3.8) is 0 Å². The molecule has 212 valence electrons. The quantitative estimate of drug-likeness (QED) is 0.354. The number of aromatic hydroxyl groups is 1. The average molecular weight is 556 g/mol. The van der Waals surface area contributed by atoms with Gasteiger partial charge >= 0.3 is 5.97 Å². The lowest BCUT2D eigenvalue weighted by atomic mass is 9.69. The number of rotatable bonds is 8. The minimum atomic E-state index is -0.812. The maximum Gasteiger partial charge on any atom is 0.315 e. The zero-order valence-electron chi connectivity index (χ0n) is 23.5. The molecule has 0 saturated carbocycles. The molecule has 3 aromatic carbocycles. The number of nitrogens with zero attached hydrogens (tertiary/aromatic N) is 1. The van der Waals surface area contributed by atoms with Gasteiger partial charge in [-0.1, -0.05) is 42.5 Å². The third kappa shape index (κ3) is 5.55. The van der Waals surface area contributed by atoms with Crippen LogP contribution in [0.5, 0.6) is 23.0 Å². The number of esters is 1. The highest BCUT2D eigenvalue weighted by Crippen LogP contribution is 2.48. The smallest absolute Gasteiger partial charge is 0.315 e. The summed E-state index contributed by atoms with van der Waals surface area (Å²) in [5.74, 6) is -0.680. The first-order chi connectivity index (χ1) is 19.8. The number of aliphatic imine (C=N–C) groups is 1. The molecule has 5 rings (SSSR count). The monoisotopic (exact) mass is 555 g/mol. The molecule has 1 unspecified atom stereocenters. The van der Waals surface area contributed by atoms with Gasteiger partial charge in [-0.05, 0) is 60.2 Å². The molecule has 0 radical (unpaired) electrons. The molecule has 1 heterocycles. The molecule has 0 bridgehead atoms. The Morgan fingerprint density at radius 1 is 0.878 bits per heavy atom. The summed E-state index contributed by atoms with van der Waals surface area (Å²) in [6.45, 7) is 1.91. The summed E-state index contributed by atoms with van der Waals surface area (Å²) in [7, 11) is 4.62. The van der Waals surface area contributed by atoms with Gasteiger partial charge in [0.25, 0.3) is 0 Å². The van der Waals surface area contributed by atoms with Crippen molar-refractivity contribution >= 4 is 17.5 Å². The number of methoxy groups -OCH3 is 3. The van der Waals surface area contributed by atoms with Crippen molar-refractivity contribution in [3.05, 3.63) is 94.7 Å². The lowest BCUT2D eigenvalue weighted by Gasteiger charge is -2.36. The lowest BCUT2D eigenvalue weighted by Crippen LogP contribution is -2.38. The normalized spacial score (nSPS) is 20.1. The minimum Gasteiger partial charge on any atom is -0.504 e. The van der Waals surface area contributed by atoms with Gasteiger partial charge in [0.1, 0.15) is 12.5 Å². The summed E-state index contributed by atoms with van der Waals surface area (Å²) < 4.78 is 22.0. The van der Waals surface area contributed by atoms with Crippen LogP contribution in [0.15, 0.2) is 83.0 Å². The van der Waals surface area contributed by atoms with Crippen molar-refractivity contribution in [3.8, 4) is 23.0 Å². The van der Waals surface area contributed by atoms with E-state index in [2.05, 4.69) is 0 Å². The molecule has 1 aliphatic carbocycles. The molecule has 0 spiro atoms. The van der Waals surface area contributed by atoms with E-state index in [0.717, 1.165) is 11.1 Å². The third-order valence-corrected chi connectivity index (χ3v) is 7.81. The summed E-state index contributed by atoms with van der Waals surface area (Å²) in [6.07, 6.45) is 0.770. The van der Waals surface area contributed by atoms with Crippen LogP contribution >= 0.6 is 0 Å². The number of phenolic OH excluding ortho intramolecular Hbond substituents is 1. The molecule has 8 heteroatoms. The number of carbonyl (C=O) groups excluding carboxylic acids is 2. The van der Waals surface area contributed by atoms with Gasteiger partial charge in [-0.3, -0.25) is 14.6 Å². The molecule has 1 aliphatic heterocycles. The number of carbonyl (C=O) groups is 2. The van der Waals surface area contributed by atoms with Gasteiger partial charge in [0.15, 0.2) is 28.8 Å². The summed E-state index contributed by atoms with van der Waals surface area (Å²) in [5.41, 5.74) is 4.20. The van der Waals surface area contributed by atoms with E-state index >= 15 is 0 Å². The minimum absolute atomic E-state index is 0.0293. The van der Waals surface area contributed by atoms with E-state index < -0.39 is 17.8 Å². The predicted molar refractivity (Wildman–Crippen MR) is 154 cm³/mol. The molecular formula is C33H33NO7. The largest absolute Gasteiger partial charge is 0.504 e. The first-order valence-corrected chi connectivity index (χ1v) is 13.4. The molecule has 2 aliphatic rings. The highest BCUT2D eigenvalue weighted by Gasteiger charge is 2.45. The number of ether oxygens (including phenoxy) is 4. The van der Waals surface area contributed by atoms with Crippen molar-refractivity contribution in [2.24, 2.45) is 10.9 Å². The second-order valence-electron chi connectivity index (χ2n) is 10.2. The number of hydrogen-bond donors (Lipinski definition) is 1. The highest BCUT2D eigenvalue weighted by molar-refractivity contribution is 6.09. The molecule has 0 fully saturated rings. The number of benzene rings is 3. The molecule has 3 aromatic rings. The maximum atomic E-state index is 13.9. The van der Waals surface area contributed by atoms with Gasteiger partial charge in [-0.25, -0.2) is 0 Å². The zero-order chi connectivity index (χ0) is 29.1. The van der Waals surface area contributed by atoms with Gasteiger partial charge in [0.05, 0.1) is 21.3 Å². The van der Waals surface area contributed by atoms with E-state index in [4.69, 9.17) is 23.9 Å². The Bertz CT molecular complexity index is 1530. The van der Waals surface area contributed by atoms with E-state index in [-0.39, 0.29) is 36.2 Å². The predicted octanol–water partition coefficient (Wildman–Crippen LogP) is 5.74. The van der Waals surface area contributed by atoms with E-state index in [0.29, 0.717) is 40.5 Å². The lowest BCUT2D eigenvalue weighted by molar-refractivity contribution is -0.148. The Morgan fingerprint density at radius 2 is 1.56 bits per heavy atom. The molecule has 0 aromatic heterocycles. The molecule has 1 N–H and O–H groups in total. The summed E-state index contributed by atoms with van der Waals surface area (Å²) >= 11 is 0. The fraction of sp³-hybridized carbons (Fsp3) is 0.303. The van der Waals surface area contributed by atoms with E-state index in [1.807, 2.05) is 48.5 Å². The first kappa shape index (κ1) is 28.0. The van der Waals surface area contributed by atoms with Gasteiger partial charge in [-0.15, -0.1) is 0 Å². The SMILES string of the molecule is COc1cc([C@H]2C3=C(C[C@H](c4ccc(OC)c(OC)c4)CC3=O)N=C(C)C2C(=O)OCc2ccccc2)ccc1O. The van der Waals surface area contributed by atoms with Crippen LogP contribution in [-0.2, 0) is 20.9 Å². The van der Waals surface area contributed by atoms with Crippen LogP contribution < -0.4 is 14.2 Å². The van der Waals surface area contributed by atoms with Crippen molar-refractivity contribution in [2.75, 3.05) is 21.3 Å². The fourth-order valence-electron chi connectivity index (χ4n) is 5.77. The Kier molecular flexibility index (Phi) is 8.10. The molecule has 8 nitrogen and oxygen atoms in total. The van der Waals surface area contributed by atoms with Gasteiger partial charge < -0.3 is 24.1 Å². The first-order valence-electron chi connectivity index (χ1n) is 13.4. The Morgan fingerprint density at radius 3 is 2.27 bits per heavy atom. The second-order valence-corrected chi connectivity index (χ2v) is 10.2. The molecule has 0 saturated heterocycles. The van der Waals surface area contributed by atoms with E-state index in [1.54, 1.807) is 33.3 Å². The van der Waals surface area contributed by atoms with Crippen molar-refractivity contribution < 1.29 is 33.6 Å². The van der Waals surface area contributed by atoms with Crippen molar-refractivity contribution in [1.29, 1.82) is 0 Å². The zero-order valence-corrected chi connectivity index (χ0v) is 23.5. The molecule has 0 amide bonds. The van der Waals surface area contributed by atoms with Crippen molar-refractivity contribution in [2.45, 2.75) is 38.2 Å². The molecular weight excluding hydrogens is 522 g/mol. The fourth-order valence-corrected chi connectivity index (χ4v) is 5.77. The number of phenols is 1. The third-order valence-electron chi connectivity index (χ3n) is 7.81. The van der Waals surface area contributed by atoms with Crippen molar-refractivity contribution in [1.82, 2.24) is 0 Å². The Balaban J connectivity index is 1.53. The number of hydrogen-bond acceptors (Lipinski definition) is 8. The second kappa shape index (κ2) is 11.9. The summed E-state index contributed by atoms with van der Waals surface area (Å²) in [4.78, 5) is 32.4. The van der Waals surface area contributed by atoms with Crippen LogP contribution in [0.3, 0.4) is 0 Å². The number of ketones is 1. The van der Waals surface area contributed by atoms with Crippen LogP contribution in [0.2, 0.25) is 0 Å². The van der Waals surface area contributed by atoms with Crippen LogP contribution in [0.4, 0.5) is 0 Å². The van der Waals surface area contributed by atoms with Crippen LogP contribution in [0, 0.1) is 5.92 Å².